The number of nitrogens with two attached hydrogens (primary N) is 1. The van der Waals surface area contributed by atoms with Crippen LogP contribution in [0.15, 0.2) is 52.0 Å². The van der Waals surface area contributed by atoms with Gasteiger partial charge < -0.3 is 5.73 Å². The van der Waals surface area contributed by atoms with Gasteiger partial charge in [0.15, 0.2) is 0 Å². The smallest absolute Gasteiger partial charge is 0.124 e. The standard InChI is InChI=1S/C14H14BrFN2S/c15-10-4-5-13(18-8-10)7-12(17)9-19-14-3-1-2-11(16)6-14/h1-6,8,12H,7,9,17H2. The van der Waals surface area contributed by atoms with Crippen molar-refractivity contribution in [3.05, 3.63) is 58.6 Å². The third-order valence-corrected chi connectivity index (χ3v) is 4.17. The van der Waals surface area contributed by atoms with Gasteiger partial charge in [0.1, 0.15) is 5.82 Å². The molecule has 0 aliphatic carbocycles. The fourth-order valence-electron chi connectivity index (χ4n) is 1.61. The third-order valence-electron chi connectivity index (χ3n) is 2.52. The Hall–Kier alpha value is -0.910. The largest absolute Gasteiger partial charge is 0.327 e. The minimum atomic E-state index is -0.215. The summed E-state index contributed by atoms with van der Waals surface area (Å²) in [7, 11) is 0. The second kappa shape index (κ2) is 7.03. The molecular formula is C14H14BrFN2S. The highest BCUT2D eigenvalue weighted by atomic mass is 79.9. The van der Waals surface area contributed by atoms with Crippen molar-refractivity contribution in [3.8, 4) is 0 Å². The number of nitrogens with zero attached hydrogens (tertiary/aromatic N) is 1. The lowest BCUT2D eigenvalue weighted by atomic mass is 10.2. The SMILES string of the molecule is NC(CSc1cccc(F)c1)Cc1ccc(Br)cn1. The van der Waals surface area contributed by atoms with E-state index in [1.54, 1.807) is 24.0 Å². The van der Waals surface area contributed by atoms with E-state index in [1.165, 1.54) is 12.1 Å². The van der Waals surface area contributed by atoms with Gasteiger partial charge in [0.05, 0.1) is 0 Å². The van der Waals surface area contributed by atoms with Crippen LogP contribution < -0.4 is 5.73 Å². The van der Waals surface area contributed by atoms with E-state index in [-0.39, 0.29) is 11.9 Å². The first-order valence-electron chi connectivity index (χ1n) is 5.88. The van der Waals surface area contributed by atoms with Gasteiger partial charge in [0.25, 0.3) is 0 Å². The first-order valence-corrected chi connectivity index (χ1v) is 7.66. The van der Waals surface area contributed by atoms with Gasteiger partial charge in [-0.1, -0.05) is 6.07 Å². The Kier molecular flexibility index (Phi) is 5.36. The summed E-state index contributed by atoms with van der Waals surface area (Å²) in [6.45, 7) is 0. The van der Waals surface area contributed by atoms with Crippen molar-refractivity contribution in [3.63, 3.8) is 0 Å². The number of rotatable bonds is 5. The van der Waals surface area contributed by atoms with E-state index in [2.05, 4.69) is 20.9 Å². The van der Waals surface area contributed by atoms with E-state index in [4.69, 9.17) is 5.73 Å². The van der Waals surface area contributed by atoms with Crippen LogP contribution in [0.25, 0.3) is 0 Å². The predicted octanol–water partition coefficient (Wildman–Crippen LogP) is 3.65. The summed E-state index contributed by atoms with van der Waals surface area (Å²) in [5.41, 5.74) is 7.03. The molecule has 1 atom stereocenters. The molecule has 2 N–H and O–H groups in total. The lowest BCUT2D eigenvalue weighted by Gasteiger charge is -2.10. The fourth-order valence-corrected chi connectivity index (χ4v) is 2.74. The number of aromatic nitrogens is 1. The monoisotopic (exact) mass is 340 g/mol. The molecule has 100 valence electrons. The van der Waals surface area contributed by atoms with Gasteiger partial charge in [-0.05, 0) is 46.3 Å². The van der Waals surface area contributed by atoms with Crippen LogP contribution in [0.2, 0.25) is 0 Å². The summed E-state index contributed by atoms with van der Waals surface area (Å²) in [4.78, 5) is 5.19. The zero-order valence-electron chi connectivity index (χ0n) is 10.2. The highest BCUT2D eigenvalue weighted by molar-refractivity contribution is 9.10. The Morgan fingerprint density at radius 1 is 1.32 bits per heavy atom. The maximum atomic E-state index is 13.0. The molecule has 0 spiro atoms. The zero-order chi connectivity index (χ0) is 13.7. The van der Waals surface area contributed by atoms with Crippen LogP contribution in [0.4, 0.5) is 4.39 Å². The Labute approximate surface area is 124 Å². The minimum absolute atomic E-state index is 0.00180. The fraction of sp³-hybridized carbons (Fsp3) is 0.214. The van der Waals surface area contributed by atoms with Gasteiger partial charge in [0.2, 0.25) is 0 Å². The third kappa shape index (κ3) is 4.93. The average molecular weight is 341 g/mol. The summed E-state index contributed by atoms with van der Waals surface area (Å²) >= 11 is 4.91. The minimum Gasteiger partial charge on any atom is -0.327 e. The Balaban J connectivity index is 1.84. The molecule has 1 unspecified atom stereocenters. The highest BCUT2D eigenvalue weighted by Gasteiger charge is 2.06. The van der Waals surface area contributed by atoms with Crippen molar-refractivity contribution in [2.24, 2.45) is 5.73 Å². The van der Waals surface area contributed by atoms with Crippen LogP contribution in [-0.4, -0.2) is 16.8 Å². The van der Waals surface area contributed by atoms with Crippen molar-refractivity contribution in [2.75, 3.05) is 5.75 Å². The summed E-state index contributed by atoms with van der Waals surface area (Å²) < 4.78 is 14.0. The second-order valence-electron chi connectivity index (χ2n) is 4.20. The van der Waals surface area contributed by atoms with Gasteiger partial charge in [-0.2, -0.15) is 0 Å². The maximum absolute atomic E-state index is 13.0. The molecule has 2 aromatic rings. The summed E-state index contributed by atoms with van der Waals surface area (Å²) in [6, 6.07) is 10.5. The number of benzene rings is 1. The number of thioether (sulfide) groups is 1. The zero-order valence-corrected chi connectivity index (χ0v) is 12.6. The number of halogens is 2. The molecule has 19 heavy (non-hydrogen) atoms. The van der Waals surface area contributed by atoms with Gasteiger partial charge in [0, 0.05) is 39.5 Å². The normalized spacial score (nSPS) is 12.4. The molecule has 0 bridgehead atoms. The molecule has 5 heteroatoms. The topological polar surface area (TPSA) is 38.9 Å². The van der Waals surface area contributed by atoms with Crippen LogP contribution in [-0.2, 0) is 6.42 Å². The predicted molar refractivity (Wildman–Crippen MR) is 80.7 cm³/mol. The van der Waals surface area contributed by atoms with Crippen LogP contribution in [0.1, 0.15) is 5.69 Å². The van der Waals surface area contributed by atoms with E-state index in [9.17, 15) is 4.39 Å². The molecule has 0 radical (unpaired) electrons. The Bertz CT molecular complexity index is 533. The lowest BCUT2D eigenvalue weighted by Crippen LogP contribution is -2.25. The second-order valence-corrected chi connectivity index (χ2v) is 6.21. The summed E-state index contributed by atoms with van der Waals surface area (Å²) in [6.07, 6.45) is 2.48. The van der Waals surface area contributed by atoms with E-state index in [0.717, 1.165) is 27.2 Å². The molecule has 2 nitrogen and oxygen atoms in total. The lowest BCUT2D eigenvalue weighted by molar-refractivity contribution is 0.624. The molecule has 0 fully saturated rings. The Morgan fingerprint density at radius 2 is 2.16 bits per heavy atom. The Morgan fingerprint density at radius 3 is 2.84 bits per heavy atom. The van der Waals surface area contributed by atoms with Crippen molar-refractivity contribution < 1.29 is 4.39 Å². The van der Waals surface area contributed by atoms with E-state index >= 15 is 0 Å². The van der Waals surface area contributed by atoms with Crippen molar-refractivity contribution in [1.29, 1.82) is 0 Å². The molecule has 1 heterocycles. The molecule has 1 aromatic carbocycles. The van der Waals surface area contributed by atoms with Gasteiger partial charge in [-0.25, -0.2) is 4.39 Å². The first kappa shape index (κ1) is 14.5. The van der Waals surface area contributed by atoms with E-state index in [0.29, 0.717) is 0 Å². The highest BCUT2D eigenvalue weighted by Crippen LogP contribution is 2.20. The van der Waals surface area contributed by atoms with Gasteiger partial charge >= 0.3 is 0 Å². The number of hydrogen-bond donors (Lipinski definition) is 1. The first-order chi connectivity index (χ1) is 9.13. The molecule has 0 saturated carbocycles. The number of hydrogen-bond acceptors (Lipinski definition) is 3. The molecule has 1 aromatic heterocycles. The van der Waals surface area contributed by atoms with Crippen molar-refractivity contribution >= 4 is 27.7 Å². The van der Waals surface area contributed by atoms with Gasteiger partial charge in [-0.15, -0.1) is 11.8 Å². The quantitative estimate of drug-likeness (QED) is 0.844. The summed E-state index contributed by atoms with van der Waals surface area (Å²) in [5, 5.41) is 0. The molecule has 0 amide bonds. The molecule has 0 aliphatic rings. The van der Waals surface area contributed by atoms with Crippen LogP contribution >= 0.6 is 27.7 Å². The maximum Gasteiger partial charge on any atom is 0.124 e. The van der Waals surface area contributed by atoms with Crippen LogP contribution in [0.5, 0.6) is 0 Å². The van der Waals surface area contributed by atoms with Gasteiger partial charge in [-0.3, -0.25) is 4.98 Å². The van der Waals surface area contributed by atoms with Crippen LogP contribution in [0.3, 0.4) is 0 Å². The molecule has 0 aliphatic heterocycles. The molecule has 0 saturated heterocycles. The van der Waals surface area contributed by atoms with Crippen molar-refractivity contribution in [1.82, 2.24) is 4.98 Å². The molecule has 2 rings (SSSR count). The van der Waals surface area contributed by atoms with Crippen LogP contribution in [0, 0.1) is 5.82 Å². The number of pyridine rings is 1. The summed E-state index contributed by atoms with van der Waals surface area (Å²) in [5.74, 6) is 0.523. The average Bonchev–Trinajstić information content (AvgIpc) is 2.39. The van der Waals surface area contributed by atoms with E-state index in [1.807, 2.05) is 18.2 Å². The van der Waals surface area contributed by atoms with E-state index < -0.39 is 0 Å². The molecular weight excluding hydrogens is 327 g/mol. The van der Waals surface area contributed by atoms with Crippen molar-refractivity contribution in [2.45, 2.75) is 17.4 Å².